The monoisotopic (exact) mass is 266 g/mol. The third-order valence-electron chi connectivity index (χ3n) is 3.26. The molecular weight excluding hydrogens is 248 g/mol. The average molecular weight is 266 g/mol. The summed E-state index contributed by atoms with van der Waals surface area (Å²) in [5.74, 6) is 0. The van der Waals surface area contributed by atoms with Gasteiger partial charge in [-0.05, 0) is 41.8 Å². The van der Waals surface area contributed by atoms with Crippen molar-refractivity contribution in [3.63, 3.8) is 0 Å². The van der Waals surface area contributed by atoms with Crippen LogP contribution in [-0.4, -0.2) is 11.7 Å². The van der Waals surface area contributed by atoms with Crippen LogP contribution in [0, 0.1) is 11.3 Å². The molecule has 3 heteroatoms. The lowest BCUT2D eigenvalue weighted by atomic mass is 10.1. The summed E-state index contributed by atoms with van der Waals surface area (Å²) in [6.45, 7) is 2.56. The third kappa shape index (κ3) is 3.59. The van der Waals surface area contributed by atoms with Gasteiger partial charge in [-0.25, -0.2) is 0 Å². The first-order chi connectivity index (χ1) is 9.72. The van der Waals surface area contributed by atoms with Crippen molar-refractivity contribution < 1.29 is 5.11 Å². The van der Waals surface area contributed by atoms with Gasteiger partial charge in [0.25, 0.3) is 0 Å². The van der Waals surface area contributed by atoms with Gasteiger partial charge in [0.1, 0.15) is 0 Å². The fourth-order valence-electron chi connectivity index (χ4n) is 2.01. The number of nitriles is 1. The van der Waals surface area contributed by atoms with Crippen LogP contribution in [0.4, 0.5) is 5.69 Å². The molecule has 2 N–H and O–H groups in total. The topological polar surface area (TPSA) is 56.0 Å². The van der Waals surface area contributed by atoms with Gasteiger partial charge in [-0.1, -0.05) is 31.2 Å². The SMILES string of the molecule is CCc1cccc(NCC(O)c2ccc(C#N)cc2)c1. The van der Waals surface area contributed by atoms with Crippen LogP contribution >= 0.6 is 0 Å². The molecule has 2 aromatic carbocycles. The van der Waals surface area contributed by atoms with Gasteiger partial charge in [0.15, 0.2) is 0 Å². The predicted octanol–water partition coefficient (Wildman–Crippen LogP) is 3.27. The maximum atomic E-state index is 10.1. The molecule has 0 aliphatic heterocycles. The molecule has 0 fully saturated rings. The minimum absolute atomic E-state index is 0.444. The molecule has 0 saturated carbocycles. The number of rotatable bonds is 5. The van der Waals surface area contributed by atoms with Crippen LogP contribution < -0.4 is 5.32 Å². The quantitative estimate of drug-likeness (QED) is 0.873. The van der Waals surface area contributed by atoms with E-state index < -0.39 is 6.10 Å². The minimum Gasteiger partial charge on any atom is -0.387 e. The van der Waals surface area contributed by atoms with Gasteiger partial charge in [-0.3, -0.25) is 0 Å². The van der Waals surface area contributed by atoms with Crippen molar-refractivity contribution in [2.24, 2.45) is 0 Å². The second kappa shape index (κ2) is 6.74. The molecule has 0 aromatic heterocycles. The Morgan fingerprint density at radius 1 is 1.20 bits per heavy atom. The van der Waals surface area contributed by atoms with Crippen LogP contribution in [0.15, 0.2) is 48.5 Å². The maximum absolute atomic E-state index is 10.1. The van der Waals surface area contributed by atoms with E-state index in [0.29, 0.717) is 12.1 Å². The summed E-state index contributed by atoms with van der Waals surface area (Å²) in [6, 6.07) is 17.2. The van der Waals surface area contributed by atoms with E-state index in [9.17, 15) is 5.11 Å². The van der Waals surface area contributed by atoms with Crippen LogP contribution in [0.3, 0.4) is 0 Å². The molecule has 102 valence electrons. The summed E-state index contributed by atoms with van der Waals surface area (Å²) in [5.41, 5.74) is 3.69. The summed E-state index contributed by atoms with van der Waals surface area (Å²) >= 11 is 0. The Morgan fingerprint density at radius 2 is 1.95 bits per heavy atom. The molecule has 2 rings (SSSR count). The van der Waals surface area contributed by atoms with Crippen molar-refractivity contribution in [2.75, 3.05) is 11.9 Å². The zero-order valence-electron chi connectivity index (χ0n) is 11.5. The lowest BCUT2D eigenvalue weighted by molar-refractivity contribution is 0.191. The summed E-state index contributed by atoms with van der Waals surface area (Å²) in [5, 5.41) is 22.1. The lowest BCUT2D eigenvalue weighted by Crippen LogP contribution is -2.12. The Hall–Kier alpha value is -2.31. The molecule has 0 spiro atoms. The number of benzene rings is 2. The number of aliphatic hydroxyl groups excluding tert-OH is 1. The highest BCUT2D eigenvalue weighted by Gasteiger charge is 2.07. The molecule has 20 heavy (non-hydrogen) atoms. The first-order valence-electron chi connectivity index (χ1n) is 6.74. The zero-order valence-corrected chi connectivity index (χ0v) is 11.5. The van der Waals surface area contributed by atoms with Crippen LogP contribution in [-0.2, 0) is 6.42 Å². The van der Waals surface area contributed by atoms with Gasteiger partial charge in [0, 0.05) is 12.2 Å². The number of hydrogen-bond acceptors (Lipinski definition) is 3. The summed E-state index contributed by atoms with van der Waals surface area (Å²) in [7, 11) is 0. The molecule has 3 nitrogen and oxygen atoms in total. The number of hydrogen-bond donors (Lipinski definition) is 2. The van der Waals surface area contributed by atoms with Crippen molar-refractivity contribution in [2.45, 2.75) is 19.4 Å². The molecule has 0 aliphatic rings. The second-order valence-corrected chi connectivity index (χ2v) is 4.68. The third-order valence-corrected chi connectivity index (χ3v) is 3.26. The highest BCUT2D eigenvalue weighted by molar-refractivity contribution is 5.46. The molecule has 0 aliphatic carbocycles. The molecule has 2 aromatic rings. The Bertz CT molecular complexity index is 599. The first-order valence-corrected chi connectivity index (χ1v) is 6.74. The average Bonchev–Trinajstić information content (AvgIpc) is 2.53. The van der Waals surface area contributed by atoms with E-state index in [0.717, 1.165) is 17.7 Å². The van der Waals surface area contributed by atoms with Gasteiger partial charge >= 0.3 is 0 Å². The predicted molar refractivity (Wildman–Crippen MR) is 80.4 cm³/mol. The Kier molecular flexibility index (Phi) is 4.75. The van der Waals surface area contributed by atoms with Gasteiger partial charge in [-0.15, -0.1) is 0 Å². The first kappa shape index (κ1) is 14.1. The van der Waals surface area contributed by atoms with E-state index in [2.05, 4.69) is 30.4 Å². The molecule has 0 saturated heterocycles. The zero-order chi connectivity index (χ0) is 14.4. The lowest BCUT2D eigenvalue weighted by Gasteiger charge is -2.13. The van der Waals surface area contributed by atoms with Crippen LogP contribution in [0.1, 0.15) is 29.7 Å². The normalized spacial score (nSPS) is 11.7. The van der Waals surface area contributed by atoms with E-state index in [1.54, 1.807) is 24.3 Å². The fourth-order valence-corrected chi connectivity index (χ4v) is 2.01. The van der Waals surface area contributed by atoms with Gasteiger partial charge < -0.3 is 10.4 Å². The Morgan fingerprint density at radius 3 is 2.60 bits per heavy atom. The highest BCUT2D eigenvalue weighted by atomic mass is 16.3. The van der Waals surface area contributed by atoms with E-state index in [1.807, 2.05) is 12.1 Å². The van der Waals surface area contributed by atoms with E-state index in [1.165, 1.54) is 5.56 Å². The molecule has 1 atom stereocenters. The van der Waals surface area contributed by atoms with Crippen LogP contribution in [0.2, 0.25) is 0 Å². The molecule has 0 radical (unpaired) electrons. The fraction of sp³-hybridized carbons (Fsp3) is 0.235. The maximum Gasteiger partial charge on any atom is 0.0991 e. The Balaban J connectivity index is 1.97. The van der Waals surface area contributed by atoms with Crippen LogP contribution in [0.5, 0.6) is 0 Å². The number of nitrogens with one attached hydrogen (secondary N) is 1. The van der Waals surface area contributed by atoms with Crippen molar-refractivity contribution >= 4 is 5.69 Å². The molecule has 1 unspecified atom stereocenters. The van der Waals surface area contributed by atoms with Crippen molar-refractivity contribution in [3.8, 4) is 6.07 Å². The molecule has 0 heterocycles. The highest BCUT2D eigenvalue weighted by Crippen LogP contribution is 2.16. The van der Waals surface area contributed by atoms with E-state index in [-0.39, 0.29) is 0 Å². The molecular formula is C17H18N2O. The molecule has 0 bridgehead atoms. The van der Waals surface area contributed by atoms with Crippen molar-refractivity contribution in [1.82, 2.24) is 0 Å². The van der Waals surface area contributed by atoms with E-state index in [4.69, 9.17) is 5.26 Å². The van der Waals surface area contributed by atoms with Crippen LogP contribution in [0.25, 0.3) is 0 Å². The second-order valence-electron chi connectivity index (χ2n) is 4.68. The number of aryl methyl sites for hydroxylation is 1. The number of nitrogens with zero attached hydrogens (tertiary/aromatic N) is 1. The number of anilines is 1. The van der Waals surface area contributed by atoms with Crippen molar-refractivity contribution in [1.29, 1.82) is 5.26 Å². The van der Waals surface area contributed by atoms with Crippen molar-refractivity contribution in [3.05, 3.63) is 65.2 Å². The summed E-state index contributed by atoms with van der Waals surface area (Å²) in [6.07, 6.45) is 0.404. The number of aliphatic hydroxyl groups is 1. The Labute approximate surface area is 119 Å². The standard InChI is InChI=1S/C17H18N2O/c1-2-13-4-3-5-16(10-13)19-12-17(20)15-8-6-14(11-18)7-9-15/h3-10,17,19-20H,2,12H2,1H3. The minimum atomic E-state index is -0.590. The van der Waals surface area contributed by atoms with Gasteiger partial charge in [0.2, 0.25) is 0 Å². The summed E-state index contributed by atoms with van der Waals surface area (Å²) < 4.78 is 0. The largest absolute Gasteiger partial charge is 0.387 e. The smallest absolute Gasteiger partial charge is 0.0991 e. The molecule has 0 amide bonds. The van der Waals surface area contributed by atoms with E-state index >= 15 is 0 Å². The van der Waals surface area contributed by atoms with Gasteiger partial charge in [0.05, 0.1) is 17.7 Å². The summed E-state index contributed by atoms with van der Waals surface area (Å²) in [4.78, 5) is 0. The van der Waals surface area contributed by atoms with Gasteiger partial charge in [-0.2, -0.15) is 5.26 Å².